The molecule has 7 nitrogen and oxygen atoms in total. The number of nitriles is 1. The fourth-order valence-corrected chi connectivity index (χ4v) is 0.985. The van der Waals surface area contributed by atoms with E-state index in [2.05, 4.69) is 15.5 Å². The van der Waals surface area contributed by atoms with Crippen LogP contribution in [0.25, 0.3) is 0 Å². The van der Waals surface area contributed by atoms with Crippen molar-refractivity contribution in [2.24, 2.45) is 16.6 Å². The van der Waals surface area contributed by atoms with E-state index < -0.39 is 5.54 Å². The van der Waals surface area contributed by atoms with Gasteiger partial charge in [0.25, 0.3) is 11.4 Å². The molecule has 62 valence electrons. The molecule has 0 saturated carbocycles. The number of fused-ring (bicyclic) bond motifs is 1. The maximum atomic E-state index is 8.79. The number of rotatable bonds is 0. The molecule has 2 aliphatic heterocycles. The van der Waals surface area contributed by atoms with Crippen LogP contribution in [0.4, 0.5) is 0 Å². The average molecular weight is 167 g/mol. The number of nitrogens with two attached hydrogens (primary N) is 2. The van der Waals surface area contributed by atoms with E-state index in [0.717, 1.165) is 0 Å². The van der Waals surface area contributed by atoms with Crippen molar-refractivity contribution >= 4 is 5.84 Å². The summed E-state index contributed by atoms with van der Waals surface area (Å²) in [6.45, 7) is 0. The maximum absolute atomic E-state index is 8.79. The molecule has 2 aliphatic rings. The van der Waals surface area contributed by atoms with E-state index in [1.807, 2.05) is 6.07 Å². The van der Waals surface area contributed by atoms with Gasteiger partial charge in [0.15, 0.2) is 5.84 Å². The van der Waals surface area contributed by atoms with Crippen LogP contribution in [0.3, 0.4) is 0 Å². The Balaban J connectivity index is 2.55. The molecule has 0 fully saturated rings. The van der Waals surface area contributed by atoms with E-state index in [1.54, 1.807) is 0 Å². The Bertz CT molecular complexity index is 340. The van der Waals surface area contributed by atoms with Crippen LogP contribution in [0, 0.1) is 11.3 Å². The first-order valence-corrected chi connectivity index (χ1v) is 3.07. The Hall–Kier alpha value is -1.94. The number of hydroxylamine groups is 1. The molecule has 0 spiro atoms. The number of oxime groups is 1. The van der Waals surface area contributed by atoms with Crippen LogP contribution in [-0.2, 0) is 9.68 Å². The minimum absolute atomic E-state index is 0.0135. The summed E-state index contributed by atoms with van der Waals surface area (Å²) in [7, 11) is 0. The van der Waals surface area contributed by atoms with Crippen LogP contribution in [0.15, 0.2) is 16.8 Å². The van der Waals surface area contributed by atoms with Gasteiger partial charge in [-0.2, -0.15) is 5.26 Å². The fourth-order valence-electron chi connectivity index (χ4n) is 0.985. The van der Waals surface area contributed by atoms with Crippen molar-refractivity contribution in [1.82, 2.24) is 5.48 Å². The van der Waals surface area contributed by atoms with E-state index in [9.17, 15) is 0 Å². The van der Waals surface area contributed by atoms with Crippen LogP contribution in [-0.4, -0.2) is 11.4 Å². The average Bonchev–Trinajstić information content (AvgIpc) is 2.55. The van der Waals surface area contributed by atoms with Crippen molar-refractivity contribution in [2.75, 3.05) is 0 Å². The van der Waals surface area contributed by atoms with E-state index >= 15 is 0 Å². The lowest BCUT2D eigenvalue weighted by Gasteiger charge is -2.10. The second-order valence-corrected chi connectivity index (χ2v) is 2.33. The molecule has 2 heterocycles. The Kier molecular flexibility index (Phi) is 1.02. The zero-order chi connectivity index (χ0) is 8.77. The highest BCUT2D eigenvalue weighted by Gasteiger charge is 2.54. The zero-order valence-electron chi connectivity index (χ0n) is 5.87. The Morgan fingerprint density at radius 3 is 2.92 bits per heavy atom. The van der Waals surface area contributed by atoms with Gasteiger partial charge in [-0.3, -0.25) is 0 Å². The van der Waals surface area contributed by atoms with Crippen molar-refractivity contribution in [3.05, 3.63) is 11.6 Å². The highest BCUT2D eigenvalue weighted by molar-refractivity contribution is 5.97. The highest BCUT2D eigenvalue weighted by Crippen LogP contribution is 2.30. The molecular weight excluding hydrogens is 162 g/mol. The summed E-state index contributed by atoms with van der Waals surface area (Å²) >= 11 is 0. The van der Waals surface area contributed by atoms with Gasteiger partial charge in [0.05, 0.1) is 0 Å². The van der Waals surface area contributed by atoms with E-state index in [-0.39, 0.29) is 17.5 Å². The van der Waals surface area contributed by atoms with E-state index in [0.29, 0.717) is 0 Å². The lowest BCUT2D eigenvalue weighted by atomic mass is 10.0. The molecule has 12 heavy (non-hydrogen) atoms. The molecule has 5 N–H and O–H groups in total. The van der Waals surface area contributed by atoms with Crippen molar-refractivity contribution in [1.29, 1.82) is 5.26 Å². The summed E-state index contributed by atoms with van der Waals surface area (Å²) in [6, 6.07) is 1.86. The number of nitrogens with zero attached hydrogens (tertiary/aromatic N) is 2. The van der Waals surface area contributed by atoms with Crippen LogP contribution in [0.5, 0.6) is 0 Å². The largest absolute Gasteiger partial charge is 0.385 e. The van der Waals surface area contributed by atoms with Gasteiger partial charge in [-0.15, -0.1) is 5.48 Å². The minimum Gasteiger partial charge on any atom is -0.385 e. The summed E-state index contributed by atoms with van der Waals surface area (Å²) in [5.74, 6) is 0.0590. The normalized spacial score (nSPS) is 31.8. The van der Waals surface area contributed by atoms with Crippen molar-refractivity contribution in [2.45, 2.75) is 5.54 Å². The molecular formula is C5H5N5O2. The van der Waals surface area contributed by atoms with Gasteiger partial charge in [-0.05, 0) is 0 Å². The van der Waals surface area contributed by atoms with Gasteiger partial charge >= 0.3 is 0 Å². The van der Waals surface area contributed by atoms with Gasteiger partial charge in [0.1, 0.15) is 6.07 Å². The fraction of sp³-hybridized carbons (Fsp3) is 0.200. The van der Waals surface area contributed by atoms with Crippen LogP contribution in [0.1, 0.15) is 0 Å². The standard InChI is InChI=1S/C5H5N5O2/c6-1-5-2(3(7)12-10-5)11-9-4(5)8/h10H,7H2,(H2,8,9). The lowest BCUT2D eigenvalue weighted by molar-refractivity contribution is 0.113. The van der Waals surface area contributed by atoms with Gasteiger partial charge in [0.2, 0.25) is 5.76 Å². The first-order valence-electron chi connectivity index (χ1n) is 3.07. The minimum atomic E-state index is -1.33. The third-order valence-electron chi connectivity index (χ3n) is 1.67. The third-order valence-corrected chi connectivity index (χ3v) is 1.67. The van der Waals surface area contributed by atoms with E-state index in [4.69, 9.17) is 21.6 Å². The Morgan fingerprint density at radius 1 is 1.58 bits per heavy atom. The highest BCUT2D eigenvalue weighted by atomic mass is 16.7. The molecule has 0 aromatic carbocycles. The van der Waals surface area contributed by atoms with Gasteiger partial charge in [0, 0.05) is 0 Å². The predicted molar refractivity (Wildman–Crippen MR) is 36.5 cm³/mol. The maximum Gasteiger partial charge on any atom is 0.264 e. The molecule has 0 aromatic rings. The van der Waals surface area contributed by atoms with Crippen LogP contribution < -0.4 is 16.9 Å². The van der Waals surface area contributed by atoms with Crippen LogP contribution >= 0.6 is 0 Å². The number of amidine groups is 1. The van der Waals surface area contributed by atoms with Crippen molar-refractivity contribution in [3.63, 3.8) is 0 Å². The smallest absolute Gasteiger partial charge is 0.264 e. The summed E-state index contributed by atoms with van der Waals surface area (Å²) < 4.78 is 0. The summed E-state index contributed by atoms with van der Waals surface area (Å²) in [5.41, 5.74) is 11.7. The molecule has 0 bridgehead atoms. The second kappa shape index (κ2) is 1.80. The third kappa shape index (κ3) is 0.510. The summed E-state index contributed by atoms with van der Waals surface area (Å²) in [6.07, 6.45) is 0. The molecule has 0 aromatic heterocycles. The SMILES string of the molecule is N#CC12NOC(N)=C1ON=C2N. The lowest BCUT2D eigenvalue weighted by Crippen LogP contribution is -2.49. The monoisotopic (exact) mass is 167 g/mol. The molecule has 7 heteroatoms. The van der Waals surface area contributed by atoms with Gasteiger partial charge in [-0.1, -0.05) is 5.16 Å². The van der Waals surface area contributed by atoms with Gasteiger partial charge < -0.3 is 21.1 Å². The summed E-state index contributed by atoms with van der Waals surface area (Å²) in [4.78, 5) is 9.39. The first-order chi connectivity index (χ1) is 5.70. The Labute approximate surface area is 67.2 Å². The van der Waals surface area contributed by atoms with E-state index in [1.165, 1.54) is 0 Å². The molecule has 1 unspecified atom stereocenters. The van der Waals surface area contributed by atoms with Gasteiger partial charge in [-0.25, -0.2) is 0 Å². The number of hydrogen-bond acceptors (Lipinski definition) is 7. The quantitative estimate of drug-likeness (QED) is 0.392. The molecule has 0 amide bonds. The molecule has 1 atom stereocenters. The van der Waals surface area contributed by atoms with Crippen molar-refractivity contribution < 1.29 is 9.68 Å². The number of nitrogens with one attached hydrogen (secondary N) is 1. The Morgan fingerprint density at radius 2 is 2.33 bits per heavy atom. The molecule has 0 aliphatic carbocycles. The van der Waals surface area contributed by atoms with Crippen molar-refractivity contribution in [3.8, 4) is 6.07 Å². The predicted octanol–water partition coefficient (Wildman–Crippen LogP) is -1.79. The van der Waals surface area contributed by atoms with Crippen LogP contribution in [0.2, 0.25) is 0 Å². The molecule has 0 radical (unpaired) electrons. The first kappa shape index (κ1) is 6.75. The zero-order valence-corrected chi connectivity index (χ0v) is 5.87. The number of hydrogen-bond donors (Lipinski definition) is 3. The molecule has 0 saturated heterocycles. The topological polar surface area (TPSA) is 119 Å². The summed E-state index contributed by atoms with van der Waals surface area (Å²) in [5, 5.41) is 12.2. The molecule has 2 rings (SSSR count). The second-order valence-electron chi connectivity index (χ2n) is 2.33.